The van der Waals surface area contributed by atoms with Gasteiger partial charge in [0, 0.05) is 28.0 Å². The van der Waals surface area contributed by atoms with Crippen LogP contribution in [0, 0.1) is 0 Å². The van der Waals surface area contributed by atoms with Gasteiger partial charge in [0.2, 0.25) is 0 Å². The minimum Gasteiger partial charge on any atom is -0.372 e. The van der Waals surface area contributed by atoms with Crippen molar-refractivity contribution in [1.29, 1.82) is 0 Å². The molecule has 1 aromatic heterocycles. The number of ketones is 1. The molecule has 2 aliphatic rings. The van der Waals surface area contributed by atoms with Crippen molar-refractivity contribution >= 4 is 39.5 Å². The summed E-state index contributed by atoms with van der Waals surface area (Å²) in [6.07, 6.45) is 4.31. The molecule has 1 unspecified atom stereocenters. The zero-order chi connectivity index (χ0) is 17.7. The Balaban J connectivity index is 1.79. The Labute approximate surface area is 156 Å². The van der Waals surface area contributed by atoms with E-state index < -0.39 is 0 Å². The maximum absolute atomic E-state index is 12.9. The van der Waals surface area contributed by atoms with Crippen molar-refractivity contribution in [3.05, 3.63) is 76.5 Å². The lowest BCUT2D eigenvalue weighted by Crippen LogP contribution is -2.27. The van der Waals surface area contributed by atoms with Gasteiger partial charge < -0.3 is 5.32 Å². The molecule has 2 aromatic carbocycles. The van der Waals surface area contributed by atoms with Gasteiger partial charge in [-0.25, -0.2) is 0 Å². The molecule has 3 nitrogen and oxygen atoms in total. The Bertz CT molecular complexity index is 1090. The second-order valence-electron chi connectivity index (χ2n) is 6.87. The number of aromatic nitrogens is 1. The van der Waals surface area contributed by atoms with Gasteiger partial charge in [-0.2, -0.15) is 0 Å². The van der Waals surface area contributed by atoms with E-state index >= 15 is 0 Å². The zero-order valence-corrected chi connectivity index (χ0v) is 14.9. The molecule has 0 spiro atoms. The topological polar surface area (TPSA) is 42.0 Å². The van der Waals surface area contributed by atoms with Crippen LogP contribution in [-0.4, -0.2) is 10.8 Å². The van der Waals surface area contributed by atoms with Crippen LogP contribution < -0.4 is 5.32 Å². The highest BCUT2D eigenvalue weighted by atomic mass is 35.5. The molecule has 2 heterocycles. The van der Waals surface area contributed by atoms with E-state index in [0.717, 1.165) is 46.1 Å². The summed E-state index contributed by atoms with van der Waals surface area (Å²) >= 11 is 6.21. The Kier molecular flexibility index (Phi) is 3.57. The van der Waals surface area contributed by atoms with Crippen molar-refractivity contribution in [2.75, 3.05) is 5.32 Å². The lowest BCUT2D eigenvalue weighted by atomic mass is 9.77. The number of hydrogen-bond acceptors (Lipinski definition) is 3. The summed E-state index contributed by atoms with van der Waals surface area (Å²) in [5.41, 5.74) is 6.15. The standard InChI is InChI=1S/C22H17ClN2O/c23-14-6-3-5-13(11-14)22-21-16(8-4-10-19(21)26)20-15-7-1-2-9-17(15)24-12-18(20)25-22/h1-3,5-7,9,11-12,22,25H,4,8,10H2. The number of rotatable bonds is 1. The quantitative estimate of drug-likeness (QED) is 0.617. The molecule has 1 atom stereocenters. The highest BCUT2D eigenvalue weighted by Gasteiger charge is 2.35. The van der Waals surface area contributed by atoms with Crippen LogP contribution in [0.1, 0.15) is 36.4 Å². The van der Waals surface area contributed by atoms with Crippen LogP contribution in [0.4, 0.5) is 5.69 Å². The van der Waals surface area contributed by atoms with Gasteiger partial charge in [0.25, 0.3) is 0 Å². The molecule has 128 valence electrons. The highest BCUT2D eigenvalue weighted by Crippen LogP contribution is 2.47. The van der Waals surface area contributed by atoms with E-state index in [1.165, 1.54) is 5.57 Å². The van der Waals surface area contributed by atoms with Crippen LogP contribution in [-0.2, 0) is 4.79 Å². The number of carbonyl (C=O) groups is 1. The van der Waals surface area contributed by atoms with Gasteiger partial charge in [0.15, 0.2) is 5.78 Å². The largest absolute Gasteiger partial charge is 0.372 e. The van der Waals surface area contributed by atoms with E-state index in [2.05, 4.69) is 16.4 Å². The summed E-state index contributed by atoms with van der Waals surface area (Å²) in [4.78, 5) is 17.5. The number of Topliss-reactive ketones (excluding diaryl/α,β-unsaturated/α-hetero) is 1. The summed E-state index contributed by atoms with van der Waals surface area (Å²) in [5, 5.41) is 5.34. The summed E-state index contributed by atoms with van der Waals surface area (Å²) in [6.45, 7) is 0. The van der Waals surface area contributed by atoms with Gasteiger partial charge in [-0.15, -0.1) is 0 Å². The summed E-state index contributed by atoms with van der Waals surface area (Å²) in [6, 6.07) is 15.7. The van der Waals surface area contributed by atoms with Crippen LogP contribution in [0.2, 0.25) is 5.02 Å². The molecule has 0 saturated heterocycles. The van der Waals surface area contributed by atoms with E-state index in [1.807, 2.05) is 48.7 Å². The third kappa shape index (κ3) is 2.35. The van der Waals surface area contributed by atoms with E-state index in [0.29, 0.717) is 11.4 Å². The van der Waals surface area contributed by atoms with E-state index in [-0.39, 0.29) is 11.8 Å². The summed E-state index contributed by atoms with van der Waals surface area (Å²) in [5.74, 6) is 0.232. The maximum atomic E-state index is 12.9. The van der Waals surface area contributed by atoms with Gasteiger partial charge in [-0.3, -0.25) is 9.78 Å². The first-order chi connectivity index (χ1) is 12.7. The van der Waals surface area contributed by atoms with E-state index in [1.54, 1.807) is 0 Å². The molecule has 0 fully saturated rings. The van der Waals surface area contributed by atoms with Crippen molar-refractivity contribution < 1.29 is 4.79 Å². The maximum Gasteiger partial charge on any atom is 0.161 e. The van der Waals surface area contributed by atoms with Crippen molar-refractivity contribution in [3.63, 3.8) is 0 Å². The average Bonchev–Trinajstić information content (AvgIpc) is 2.67. The minimum absolute atomic E-state index is 0.174. The SMILES string of the molecule is O=C1CCCC2=C1C(c1cccc(Cl)c1)Nc1cnc3ccccc3c12. The number of hydrogen-bond donors (Lipinski definition) is 1. The van der Waals surface area contributed by atoms with Crippen molar-refractivity contribution in [2.24, 2.45) is 0 Å². The minimum atomic E-state index is -0.174. The summed E-state index contributed by atoms with van der Waals surface area (Å²) < 4.78 is 0. The number of fused-ring (bicyclic) bond motifs is 4. The molecule has 26 heavy (non-hydrogen) atoms. The highest BCUT2D eigenvalue weighted by molar-refractivity contribution is 6.30. The predicted molar refractivity (Wildman–Crippen MR) is 105 cm³/mol. The van der Waals surface area contributed by atoms with Crippen LogP contribution >= 0.6 is 11.6 Å². The number of halogens is 1. The molecule has 0 amide bonds. The number of pyridine rings is 1. The molecule has 1 N–H and O–H groups in total. The third-order valence-corrected chi connectivity index (χ3v) is 5.54. The number of allylic oxidation sites excluding steroid dienone is 1. The van der Waals surface area contributed by atoms with Crippen LogP contribution in [0.15, 0.2) is 60.3 Å². The first-order valence-corrected chi connectivity index (χ1v) is 9.26. The lowest BCUT2D eigenvalue weighted by Gasteiger charge is -2.34. The van der Waals surface area contributed by atoms with Crippen LogP contribution in [0.3, 0.4) is 0 Å². The Morgan fingerprint density at radius 3 is 2.85 bits per heavy atom. The van der Waals surface area contributed by atoms with Gasteiger partial charge in [-0.05, 0) is 42.2 Å². The molecule has 3 aromatic rings. The molecule has 0 bridgehead atoms. The van der Waals surface area contributed by atoms with Crippen LogP contribution in [0.25, 0.3) is 16.5 Å². The first kappa shape index (κ1) is 15.6. The number of nitrogens with one attached hydrogen (secondary N) is 1. The molecular formula is C22H17ClN2O. The Hall–Kier alpha value is -2.65. The Morgan fingerprint density at radius 2 is 1.96 bits per heavy atom. The average molecular weight is 361 g/mol. The molecule has 0 saturated carbocycles. The second kappa shape index (κ2) is 5.96. The predicted octanol–water partition coefficient (Wildman–Crippen LogP) is 5.56. The molecule has 5 rings (SSSR count). The van der Waals surface area contributed by atoms with Gasteiger partial charge in [-0.1, -0.05) is 41.9 Å². The monoisotopic (exact) mass is 360 g/mol. The Morgan fingerprint density at radius 1 is 1.08 bits per heavy atom. The smallest absolute Gasteiger partial charge is 0.161 e. The molecule has 4 heteroatoms. The fourth-order valence-electron chi connectivity index (χ4n) is 4.20. The van der Waals surface area contributed by atoms with Crippen molar-refractivity contribution in [2.45, 2.75) is 25.3 Å². The van der Waals surface area contributed by atoms with Gasteiger partial charge in [0.05, 0.1) is 23.4 Å². The number of para-hydroxylation sites is 1. The van der Waals surface area contributed by atoms with Crippen LogP contribution in [0.5, 0.6) is 0 Å². The fourth-order valence-corrected chi connectivity index (χ4v) is 4.40. The van der Waals surface area contributed by atoms with E-state index in [4.69, 9.17) is 11.6 Å². The van der Waals surface area contributed by atoms with Gasteiger partial charge in [0.1, 0.15) is 0 Å². The normalized spacial score (nSPS) is 19.1. The first-order valence-electron chi connectivity index (χ1n) is 8.89. The van der Waals surface area contributed by atoms with Crippen molar-refractivity contribution in [1.82, 2.24) is 4.98 Å². The van der Waals surface area contributed by atoms with Gasteiger partial charge >= 0.3 is 0 Å². The second-order valence-corrected chi connectivity index (χ2v) is 7.30. The lowest BCUT2D eigenvalue weighted by molar-refractivity contribution is -0.116. The van der Waals surface area contributed by atoms with E-state index in [9.17, 15) is 4.79 Å². The third-order valence-electron chi connectivity index (χ3n) is 5.30. The van der Waals surface area contributed by atoms with Crippen molar-refractivity contribution in [3.8, 4) is 0 Å². The molecule has 1 aliphatic carbocycles. The number of benzene rings is 2. The molecular weight excluding hydrogens is 344 g/mol. The summed E-state index contributed by atoms with van der Waals surface area (Å²) in [7, 11) is 0. The molecule has 0 radical (unpaired) electrons. The zero-order valence-electron chi connectivity index (χ0n) is 14.1. The molecule has 1 aliphatic heterocycles. The number of anilines is 1. The number of nitrogens with zero attached hydrogens (tertiary/aromatic N) is 1. The fraction of sp³-hybridized carbons (Fsp3) is 0.182. The number of carbonyl (C=O) groups excluding carboxylic acids is 1.